The lowest BCUT2D eigenvalue weighted by atomic mass is 10.5. The van der Waals surface area contributed by atoms with Gasteiger partial charge in [-0.25, -0.2) is 9.59 Å². The summed E-state index contributed by atoms with van der Waals surface area (Å²) in [5.74, 6) is -1.94. The van der Waals surface area contributed by atoms with Crippen molar-refractivity contribution in [3.05, 3.63) is 11.3 Å². The molecule has 0 aliphatic rings. The molecule has 0 heterocycles. The van der Waals surface area contributed by atoms with Gasteiger partial charge in [0.15, 0.2) is 7.38 Å². The molecule has 0 bridgehead atoms. The highest BCUT2D eigenvalue weighted by atomic mass is 35.6. The second-order valence-corrected chi connectivity index (χ2v) is 16.1. The van der Waals surface area contributed by atoms with Gasteiger partial charge < -0.3 is 9.53 Å². The molecule has 92 valence electrons. The maximum absolute atomic E-state index is 11.7. The predicted octanol–water partition coefficient (Wildman–Crippen LogP) is 2.46. The van der Waals surface area contributed by atoms with Gasteiger partial charge >= 0.3 is 19.6 Å². The van der Waals surface area contributed by atoms with Crippen LogP contribution in [-0.2, 0) is 14.0 Å². The first-order valence-electron chi connectivity index (χ1n) is 4.50. The highest BCUT2D eigenvalue weighted by molar-refractivity contribution is 7.25. The number of hydrogen-bond donors (Lipinski definition) is 1. The fourth-order valence-corrected chi connectivity index (χ4v) is 3.13. The van der Waals surface area contributed by atoms with Crippen molar-refractivity contribution in [2.75, 3.05) is 0 Å². The fraction of sp³-hybridized carbons (Fsp3) is 0.500. The Labute approximate surface area is 106 Å². The summed E-state index contributed by atoms with van der Waals surface area (Å²) in [4.78, 5) is 22.3. The number of carboxylic acids is 1. The Hall–Kier alpha value is -0.306. The van der Waals surface area contributed by atoms with Gasteiger partial charge in [0.2, 0.25) is 0 Å². The Morgan fingerprint density at radius 1 is 1.19 bits per heavy atom. The van der Waals surface area contributed by atoms with E-state index in [0.29, 0.717) is 0 Å². The van der Waals surface area contributed by atoms with Crippen molar-refractivity contribution in [1.29, 1.82) is 0 Å². The summed E-state index contributed by atoms with van der Waals surface area (Å²) in [6.45, 7) is 6.53. The highest BCUT2D eigenvalue weighted by Gasteiger charge is 2.34. The molecule has 8 heteroatoms. The SMILES string of the molecule is C[Si](C)(Cl)OC(=O)C(=CC(=O)O)[Si](C)(C)Cl. The summed E-state index contributed by atoms with van der Waals surface area (Å²) < 4.78 is 5.01. The molecule has 4 nitrogen and oxygen atoms in total. The molecule has 0 fully saturated rings. The number of aliphatic carboxylic acids is 1. The lowest BCUT2D eigenvalue weighted by Gasteiger charge is -2.20. The molecule has 0 aliphatic carbocycles. The van der Waals surface area contributed by atoms with Crippen LogP contribution in [0.1, 0.15) is 0 Å². The van der Waals surface area contributed by atoms with Gasteiger partial charge in [-0.05, 0) is 13.1 Å². The Morgan fingerprint density at radius 2 is 1.62 bits per heavy atom. The third-order valence-corrected chi connectivity index (χ3v) is 4.61. The predicted molar refractivity (Wildman–Crippen MR) is 68.5 cm³/mol. The minimum Gasteiger partial charge on any atom is -0.502 e. The van der Waals surface area contributed by atoms with E-state index in [9.17, 15) is 9.59 Å². The maximum atomic E-state index is 11.7. The van der Waals surface area contributed by atoms with Crippen LogP contribution in [0.3, 0.4) is 0 Å². The summed E-state index contributed by atoms with van der Waals surface area (Å²) in [5.41, 5.74) is 0. The average molecular weight is 301 g/mol. The summed E-state index contributed by atoms with van der Waals surface area (Å²) in [5, 5.41) is 8.67. The molecular weight excluding hydrogens is 287 g/mol. The first-order chi connectivity index (χ1) is 6.93. The number of hydrogen-bond acceptors (Lipinski definition) is 3. The van der Waals surface area contributed by atoms with Crippen molar-refractivity contribution in [3.63, 3.8) is 0 Å². The zero-order chi connectivity index (χ0) is 13.1. The van der Waals surface area contributed by atoms with Gasteiger partial charge in [0.1, 0.15) is 0 Å². The van der Waals surface area contributed by atoms with Gasteiger partial charge in [-0.15, -0.1) is 11.1 Å². The molecule has 0 spiro atoms. The lowest BCUT2D eigenvalue weighted by molar-refractivity contribution is -0.133. The van der Waals surface area contributed by atoms with E-state index in [2.05, 4.69) is 0 Å². The largest absolute Gasteiger partial charge is 0.502 e. The van der Waals surface area contributed by atoms with Crippen LogP contribution in [0.25, 0.3) is 0 Å². The van der Waals surface area contributed by atoms with Gasteiger partial charge in [-0.1, -0.05) is 13.1 Å². The van der Waals surface area contributed by atoms with E-state index in [1.807, 2.05) is 0 Å². The zero-order valence-corrected chi connectivity index (χ0v) is 13.0. The van der Waals surface area contributed by atoms with Crippen LogP contribution in [0.2, 0.25) is 26.2 Å². The first-order valence-corrected chi connectivity index (χ1v) is 12.4. The zero-order valence-electron chi connectivity index (χ0n) is 9.51. The fourth-order valence-electron chi connectivity index (χ4n) is 0.872. The van der Waals surface area contributed by atoms with Gasteiger partial charge in [0.25, 0.3) is 0 Å². The molecule has 0 atom stereocenters. The summed E-state index contributed by atoms with van der Waals surface area (Å²) in [7, 11) is -5.13. The van der Waals surface area contributed by atoms with Crippen molar-refractivity contribution in [3.8, 4) is 0 Å². The van der Waals surface area contributed by atoms with Crippen LogP contribution in [0, 0.1) is 0 Å². The molecular formula is C8H14Cl2O4Si2. The van der Waals surface area contributed by atoms with Gasteiger partial charge in [-0.2, -0.15) is 11.1 Å². The highest BCUT2D eigenvalue weighted by Crippen LogP contribution is 2.23. The molecule has 0 aromatic rings. The van der Waals surface area contributed by atoms with Crippen molar-refractivity contribution >= 4 is 49.1 Å². The lowest BCUT2D eigenvalue weighted by Crippen LogP contribution is -2.35. The number of halogens is 2. The van der Waals surface area contributed by atoms with Crippen LogP contribution in [0.5, 0.6) is 0 Å². The smallest absolute Gasteiger partial charge is 0.345 e. The Morgan fingerprint density at radius 3 is 1.88 bits per heavy atom. The van der Waals surface area contributed by atoms with Crippen LogP contribution in [0.4, 0.5) is 0 Å². The number of rotatable bonds is 4. The molecule has 0 aromatic carbocycles. The summed E-state index contributed by atoms with van der Waals surface area (Å²) >= 11 is 11.9. The third kappa shape index (κ3) is 6.31. The van der Waals surface area contributed by atoms with Crippen molar-refractivity contribution in [2.24, 2.45) is 0 Å². The molecule has 0 saturated heterocycles. The molecule has 1 N–H and O–H groups in total. The Bertz CT molecular complexity index is 328. The van der Waals surface area contributed by atoms with Gasteiger partial charge in [-0.3, -0.25) is 0 Å². The Balaban J connectivity index is 5.10. The number of carboxylic acid groups (broad SMARTS) is 1. The average Bonchev–Trinajstić information content (AvgIpc) is 1.93. The second-order valence-electron chi connectivity index (χ2n) is 4.12. The second kappa shape index (κ2) is 5.35. The standard InChI is InChI=1S/C8H14Cl2O4Si2/c1-15(2,9)6(5-7(11)12)8(13)14-16(3,4)10/h5H,1-4H3,(H,11,12). The normalized spacial score (nSPS) is 13.5. The van der Waals surface area contributed by atoms with E-state index < -0.39 is 26.9 Å². The van der Waals surface area contributed by atoms with E-state index in [4.69, 9.17) is 31.7 Å². The molecule has 0 amide bonds. The van der Waals surface area contributed by atoms with Crippen molar-refractivity contribution in [1.82, 2.24) is 0 Å². The maximum Gasteiger partial charge on any atom is 0.345 e. The molecule has 16 heavy (non-hydrogen) atoms. The molecule has 0 unspecified atom stereocenters. The molecule has 0 radical (unpaired) electrons. The van der Waals surface area contributed by atoms with Gasteiger partial charge in [0.05, 0.1) is 0 Å². The van der Waals surface area contributed by atoms with Crippen LogP contribution in [0.15, 0.2) is 11.3 Å². The minimum atomic E-state index is -2.57. The van der Waals surface area contributed by atoms with Crippen LogP contribution < -0.4 is 0 Å². The van der Waals surface area contributed by atoms with Crippen molar-refractivity contribution < 1.29 is 19.1 Å². The van der Waals surface area contributed by atoms with E-state index in [0.717, 1.165) is 6.08 Å². The van der Waals surface area contributed by atoms with E-state index >= 15 is 0 Å². The summed E-state index contributed by atoms with van der Waals surface area (Å²) in [6, 6.07) is 0. The van der Waals surface area contributed by atoms with E-state index in [-0.39, 0.29) is 5.20 Å². The third-order valence-electron chi connectivity index (χ3n) is 1.46. The topological polar surface area (TPSA) is 63.6 Å². The first kappa shape index (κ1) is 15.7. The minimum absolute atomic E-state index is 0.0166. The number of carbonyl (C=O) groups excluding carboxylic acids is 1. The number of carbonyl (C=O) groups is 2. The van der Waals surface area contributed by atoms with Crippen molar-refractivity contribution in [2.45, 2.75) is 26.2 Å². The molecule has 0 aromatic heterocycles. The molecule has 0 saturated carbocycles. The van der Waals surface area contributed by atoms with E-state index in [1.54, 1.807) is 26.2 Å². The van der Waals surface area contributed by atoms with E-state index in [1.165, 1.54) is 0 Å². The van der Waals surface area contributed by atoms with Gasteiger partial charge in [0, 0.05) is 11.3 Å². The molecule has 0 aliphatic heterocycles. The Kier molecular flexibility index (Phi) is 5.25. The van der Waals surface area contributed by atoms with Crippen LogP contribution in [-0.4, -0.2) is 32.1 Å². The summed E-state index contributed by atoms with van der Waals surface area (Å²) in [6.07, 6.45) is 0.804. The molecule has 0 rings (SSSR count). The quantitative estimate of drug-likeness (QED) is 0.492. The monoisotopic (exact) mass is 300 g/mol. The van der Waals surface area contributed by atoms with Crippen LogP contribution >= 0.6 is 22.2 Å².